The van der Waals surface area contributed by atoms with Crippen molar-refractivity contribution in [2.24, 2.45) is 0 Å². The molecule has 0 fully saturated rings. The van der Waals surface area contributed by atoms with Crippen molar-refractivity contribution in [1.29, 1.82) is 0 Å². The van der Waals surface area contributed by atoms with E-state index >= 15 is 0 Å². The number of aromatic carboxylic acids is 1. The smallest absolute Gasteiger partial charge is 0.0739 e. The van der Waals surface area contributed by atoms with Crippen molar-refractivity contribution >= 4 is 23.1 Å². The lowest BCUT2D eigenvalue weighted by Gasteiger charge is -2.02. The Labute approximate surface area is 86.3 Å². The molecule has 0 saturated heterocycles. The van der Waals surface area contributed by atoms with Gasteiger partial charge in [-0.05, 0) is 6.07 Å². The molecule has 0 spiro atoms. The molecule has 2 heterocycles. The minimum Gasteiger partial charge on any atom is -0.545 e. The highest BCUT2D eigenvalue weighted by Crippen LogP contribution is 2.29. The third-order valence-electron chi connectivity index (χ3n) is 2.78. The number of para-hydroxylation sites is 1. The molecule has 0 bridgehead atoms. The molecule has 3 nitrogen and oxygen atoms in total. The number of carboxylic acids is 1. The summed E-state index contributed by atoms with van der Waals surface area (Å²) < 4.78 is 1.92. The number of rotatable bonds is 1. The lowest BCUT2D eigenvalue weighted by atomic mass is 10.1. The summed E-state index contributed by atoms with van der Waals surface area (Å²) >= 11 is 0. The Bertz CT molecular complexity index is 593. The first-order valence-electron chi connectivity index (χ1n) is 4.79. The van der Waals surface area contributed by atoms with E-state index in [1.807, 2.05) is 41.1 Å². The third kappa shape index (κ3) is 0.973. The van der Waals surface area contributed by atoms with Crippen LogP contribution in [0.1, 0.15) is 16.1 Å². The molecule has 0 saturated carbocycles. The summed E-state index contributed by atoms with van der Waals surface area (Å²) in [7, 11) is 0. The number of fused-ring (bicyclic) bond motifs is 3. The van der Waals surface area contributed by atoms with Gasteiger partial charge in [0.2, 0.25) is 0 Å². The molecule has 1 aliphatic heterocycles. The second kappa shape index (κ2) is 2.73. The van der Waals surface area contributed by atoms with Crippen molar-refractivity contribution in [3.05, 3.63) is 41.6 Å². The normalized spacial score (nSPS) is 13.3. The lowest BCUT2D eigenvalue weighted by molar-refractivity contribution is -0.254. The first-order valence-corrected chi connectivity index (χ1v) is 4.79. The van der Waals surface area contributed by atoms with Gasteiger partial charge in [0.1, 0.15) is 0 Å². The van der Waals surface area contributed by atoms with Gasteiger partial charge < -0.3 is 14.5 Å². The third-order valence-corrected chi connectivity index (χ3v) is 2.78. The van der Waals surface area contributed by atoms with E-state index in [4.69, 9.17) is 0 Å². The maximum atomic E-state index is 11.1. The molecule has 2 aromatic rings. The number of nitrogens with zero attached hydrogens (tertiary/aromatic N) is 1. The molecular weight excluding hydrogens is 190 g/mol. The molecule has 0 unspecified atom stereocenters. The SMILES string of the molecule is O=C([O-])c1c2n(c3ccccc13)C=CC2. The Kier molecular flexibility index (Phi) is 1.51. The van der Waals surface area contributed by atoms with E-state index in [9.17, 15) is 9.90 Å². The topological polar surface area (TPSA) is 45.1 Å². The number of hydrogen-bond acceptors (Lipinski definition) is 2. The van der Waals surface area contributed by atoms with Crippen molar-refractivity contribution in [3.63, 3.8) is 0 Å². The first-order chi connectivity index (χ1) is 7.29. The summed E-state index contributed by atoms with van der Waals surface area (Å²) in [6.45, 7) is 0. The van der Waals surface area contributed by atoms with E-state index in [0.29, 0.717) is 12.0 Å². The van der Waals surface area contributed by atoms with Crippen molar-refractivity contribution in [3.8, 4) is 0 Å². The van der Waals surface area contributed by atoms with Gasteiger partial charge in [-0.25, -0.2) is 0 Å². The molecule has 0 N–H and O–H groups in total. The molecule has 3 heteroatoms. The van der Waals surface area contributed by atoms with Gasteiger partial charge in [0.15, 0.2) is 0 Å². The van der Waals surface area contributed by atoms with Crippen LogP contribution < -0.4 is 5.11 Å². The quantitative estimate of drug-likeness (QED) is 0.687. The van der Waals surface area contributed by atoms with E-state index in [0.717, 1.165) is 16.6 Å². The fourth-order valence-corrected chi connectivity index (χ4v) is 2.18. The summed E-state index contributed by atoms with van der Waals surface area (Å²) in [5, 5.41) is 11.8. The Morgan fingerprint density at radius 1 is 1.33 bits per heavy atom. The van der Waals surface area contributed by atoms with Crippen molar-refractivity contribution in [1.82, 2.24) is 4.57 Å². The molecule has 1 aromatic carbocycles. The minimum atomic E-state index is -1.09. The zero-order chi connectivity index (χ0) is 10.4. The van der Waals surface area contributed by atoms with E-state index < -0.39 is 5.97 Å². The number of benzene rings is 1. The fraction of sp³-hybridized carbons (Fsp3) is 0.0833. The van der Waals surface area contributed by atoms with Crippen molar-refractivity contribution in [2.75, 3.05) is 0 Å². The molecule has 0 radical (unpaired) electrons. The number of carbonyl (C=O) groups is 1. The molecule has 1 aromatic heterocycles. The predicted molar refractivity (Wildman–Crippen MR) is 55.3 cm³/mol. The van der Waals surface area contributed by atoms with Gasteiger partial charge in [-0.2, -0.15) is 0 Å². The summed E-state index contributed by atoms with van der Waals surface area (Å²) in [6.07, 6.45) is 4.52. The van der Waals surface area contributed by atoms with Gasteiger partial charge in [-0.3, -0.25) is 0 Å². The molecule has 1 aliphatic rings. The number of hydrogen-bond donors (Lipinski definition) is 0. The predicted octanol–water partition coefficient (Wildman–Crippen LogP) is 1.03. The number of allylic oxidation sites excluding steroid dienone is 1. The van der Waals surface area contributed by atoms with E-state index in [2.05, 4.69) is 0 Å². The van der Waals surface area contributed by atoms with Crippen molar-refractivity contribution in [2.45, 2.75) is 6.42 Å². The van der Waals surface area contributed by atoms with Gasteiger partial charge >= 0.3 is 0 Å². The van der Waals surface area contributed by atoms with Crippen LogP contribution in [0.2, 0.25) is 0 Å². The van der Waals surface area contributed by atoms with Gasteiger partial charge in [0.25, 0.3) is 0 Å². The van der Waals surface area contributed by atoms with Crippen LogP contribution in [-0.4, -0.2) is 10.5 Å². The van der Waals surface area contributed by atoms with Crippen LogP contribution in [-0.2, 0) is 6.42 Å². The fourth-order valence-electron chi connectivity index (χ4n) is 2.18. The van der Waals surface area contributed by atoms with Gasteiger partial charge in [0.05, 0.1) is 11.5 Å². The van der Waals surface area contributed by atoms with E-state index in [-0.39, 0.29) is 0 Å². The van der Waals surface area contributed by atoms with Crippen LogP contribution in [0.15, 0.2) is 30.3 Å². The van der Waals surface area contributed by atoms with Crippen LogP contribution in [0.3, 0.4) is 0 Å². The van der Waals surface area contributed by atoms with E-state index in [1.165, 1.54) is 0 Å². The zero-order valence-electron chi connectivity index (χ0n) is 7.93. The molecule has 0 amide bonds. The highest BCUT2D eigenvalue weighted by Gasteiger charge is 2.17. The number of aromatic nitrogens is 1. The van der Waals surface area contributed by atoms with Crippen LogP contribution in [0.5, 0.6) is 0 Å². The monoisotopic (exact) mass is 198 g/mol. The largest absolute Gasteiger partial charge is 0.545 e. The summed E-state index contributed by atoms with van der Waals surface area (Å²) in [5.41, 5.74) is 2.08. The Balaban J connectivity index is 2.50. The standard InChI is InChI=1S/C12H9NO2/c14-12(15)11-8-4-1-2-5-9(8)13-7-3-6-10(11)13/h1-5,7H,6H2,(H,14,15)/p-1. The average molecular weight is 198 g/mol. The van der Waals surface area contributed by atoms with E-state index in [1.54, 1.807) is 0 Å². The van der Waals surface area contributed by atoms with Crippen LogP contribution in [0.25, 0.3) is 17.1 Å². The number of carbonyl (C=O) groups excluding carboxylic acids is 1. The minimum absolute atomic E-state index is 0.329. The van der Waals surface area contributed by atoms with Crippen LogP contribution in [0, 0.1) is 0 Å². The summed E-state index contributed by atoms with van der Waals surface area (Å²) in [6, 6.07) is 7.48. The Morgan fingerprint density at radius 3 is 2.93 bits per heavy atom. The summed E-state index contributed by atoms with van der Waals surface area (Å²) in [4.78, 5) is 11.1. The Morgan fingerprint density at radius 2 is 2.13 bits per heavy atom. The summed E-state index contributed by atoms with van der Waals surface area (Å²) in [5.74, 6) is -1.09. The molecule has 0 atom stereocenters. The average Bonchev–Trinajstić information content (AvgIpc) is 2.75. The second-order valence-corrected chi connectivity index (χ2v) is 3.59. The molecule has 3 rings (SSSR count). The van der Waals surface area contributed by atoms with Crippen molar-refractivity contribution < 1.29 is 9.90 Å². The van der Waals surface area contributed by atoms with Gasteiger partial charge in [0, 0.05) is 29.3 Å². The highest BCUT2D eigenvalue weighted by molar-refractivity contribution is 6.05. The maximum Gasteiger partial charge on any atom is 0.0739 e. The van der Waals surface area contributed by atoms with Crippen LogP contribution in [0.4, 0.5) is 0 Å². The molecule has 74 valence electrons. The van der Waals surface area contributed by atoms with Gasteiger partial charge in [-0.15, -0.1) is 0 Å². The molecular formula is C12H8NO2-. The lowest BCUT2D eigenvalue weighted by Crippen LogP contribution is -2.23. The molecule has 15 heavy (non-hydrogen) atoms. The first kappa shape index (κ1) is 8.29. The highest BCUT2D eigenvalue weighted by atomic mass is 16.4. The Hall–Kier alpha value is -2.03. The zero-order valence-corrected chi connectivity index (χ0v) is 7.93. The van der Waals surface area contributed by atoms with Crippen LogP contribution >= 0.6 is 0 Å². The maximum absolute atomic E-state index is 11.1. The van der Waals surface area contributed by atoms with Gasteiger partial charge in [-0.1, -0.05) is 24.3 Å². The second-order valence-electron chi connectivity index (χ2n) is 3.59. The number of carboxylic acid groups (broad SMARTS) is 1. The molecule has 0 aliphatic carbocycles.